The van der Waals surface area contributed by atoms with Gasteiger partial charge in [0.2, 0.25) is 0 Å². The van der Waals surface area contributed by atoms with Crippen molar-refractivity contribution >= 4 is 35.1 Å². The zero-order valence-corrected chi connectivity index (χ0v) is 23.7. The molecule has 4 aromatic rings. The van der Waals surface area contributed by atoms with Gasteiger partial charge in [0.25, 0.3) is 17.7 Å². The van der Waals surface area contributed by atoms with Gasteiger partial charge in [-0.25, -0.2) is 4.79 Å². The van der Waals surface area contributed by atoms with Crippen molar-refractivity contribution in [1.29, 1.82) is 0 Å². The number of carbonyl (C=O) groups is 4. The average Bonchev–Trinajstić information content (AvgIpc) is 3.63. The van der Waals surface area contributed by atoms with Crippen LogP contribution in [0.3, 0.4) is 0 Å². The second-order valence-corrected chi connectivity index (χ2v) is 10.3. The maximum Gasteiger partial charge on any atom is 0.338 e. The number of hydrogen-bond acceptors (Lipinski definition) is 8. The van der Waals surface area contributed by atoms with Crippen LogP contribution < -0.4 is 5.32 Å². The van der Waals surface area contributed by atoms with E-state index in [4.69, 9.17) is 9.57 Å². The second-order valence-electron chi connectivity index (χ2n) is 10.3. The monoisotopic (exact) mass is 589 g/mol. The number of anilines is 1. The molecular formula is C34H27N3O7. The fourth-order valence-corrected chi connectivity index (χ4v) is 5.43. The first-order valence-electron chi connectivity index (χ1n) is 13.9. The van der Waals surface area contributed by atoms with Gasteiger partial charge < -0.3 is 20.0 Å². The van der Waals surface area contributed by atoms with E-state index in [9.17, 15) is 24.3 Å². The number of rotatable bonds is 8. The molecule has 6 rings (SSSR count). The number of methoxy groups -OCH3 is 1. The Labute approximate surface area is 252 Å². The molecule has 0 fully saturated rings. The fraction of sp³-hybridized carbons (Fsp3) is 0.147. The van der Waals surface area contributed by atoms with Crippen molar-refractivity contribution in [2.75, 3.05) is 19.0 Å². The molecule has 0 aromatic heterocycles. The number of nitrogens with one attached hydrogen (secondary N) is 1. The highest BCUT2D eigenvalue weighted by atomic mass is 16.6. The first kappa shape index (κ1) is 28.4. The maximum absolute atomic E-state index is 13.4. The van der Waals surface area contributed by atoms with Crippen molar-refractivity contribution in [3.63, 3.8) is 0 Å². The van der Waals surface area contributed by atoms with E-state index in [1.165, 1.54) is 13.2 Å². The Morgan fingerprint density at radius 3 is 2.30 bits per heavy atom. The lowest BCUT2D eigenvalue weighted by Crippen LogP contribution is -2.32. The van der Waals surface area contributed by atoms with Gasteiger partial charge in [0.05, 0.1) is 35.1 Å². The maximum atomic E-state index is 13.4. The minimum atomic E-state index is -0.707. The fourth-order valence-electron chi connectivity index (χ4n) is 5.43. The van der Waals surface area contributed by atoms with E-state index in [2.05, 4.69) is 10.5 Å². The zero-order valence-electron chi connectivity index (χ0n) is 23.7. The smallest absolute Gasteiger partial charge is 0.338 e. The molecule has 44 heavy (non-hydrogen) atoms. The molecule has 10 heteroatoms. The van der Waals surface area contributed by atoms with Gasteiger partial charge in [0.15, 0.2) is 6.10 Å². The number of esters is 1. The van der Waals surface area contributed by atoms with Crippen molar-refractivity contribution in [3.05, 3.63) is 130 Å². The molecular weight excluding hydrogens is 562 g/mol. The quantitative estimate of drug-likeness (QED) is 0.215. The summed E-state index contributed by atoms with van der Waals surface area (Å²) >= 11 is 0. The van der Waals surface area contributed by atoms with Crippen LogP contribution in [0.25, 0.3) is 0 Å². The predicted octanol–water partition coefficient (Wildman–Crippen LogP) is 5.14. The number of carbonyl (C=O) groups excluding carboxylic acids is 4. The number of phenols is 1. The molecule has 3 amide bonds. The van der Waals surface area contributed by atoms with Crippen LogP contribution in [0.2, 0.25) is 0 Å². The summed E-state index contributed by atoms with van der Waals surface area (Å²) in [5, 5.41) is 17.1. The first-order chi connectivity index (χ1) is 21.4. The van der Waals surface area contributed by atoms with Gasteiger partial charge in [0.1, 0.15) is 5.75 Å². The van der Waals surface area contributed by atoms with Crippen LogP contribution in [0.4, 0.5) is 5.69 Å². The highest BCUT2D eigenvalue weighted by molar-refractivity contribution is 6.21. The van der Waals surface area contributed by atoms with Crippen molar-refractivity contribution < 1.29 is 33.9 Å². The van der Waals surface area contributed by atoms with Gasteiger partial charge in [-0.2, -0.15) is 0 Å². The number of phenolic OH excluding ortho intramolecular Hbond substituents is 1. The summed E-state index contributed by atoms with van der Waals surface area (Å²) in [6.07, 6.45) is 0.225. The lowest BCUT2D eigenvalue weighted by molar-refractivity contribution is 0.0596. The Hall–Kier alpha value is -5.77. The predicted molar refractivity (Wildman–Crippen MR) is 161 cm³/mol. The van der Waals surface area contributed by atoms with Gasteiger partial charge in [-0.15, -0.1) is 0 Å². The molecule has 2 aliphatic heterocycles. The number of amides is 3. The first-order valence-corrected chi connectivity index (χ1v) is 13.9. The van der Waals surface area contributed by atoms with Crippen molar-refractivity contribution in [1.82, 2.24) is 4.90 Å². The van der Waals surface area contributed by atoms with E-state index in [1.54, 1.807) is 78.9 Å². The molecule has 0 radical (unpaired) electrons. The SMILES string of the molecule is COC(=O)c1c(CCN2C(=O)c3ccccc3C2=O)cccc1C(=O)Nc1ccc(C2=NOC(c3ccccc3O)C2)cc1. The Morgan fingerprint density at radius 1 is 0.932 bits per heavy atom. The number of para-hydroxylation sites is 1. The van der Waals surface area contributed by atoms with Crippen LogP contribution in [0.1, 0.15) is 70.6 Å². The summed E-state index contributed by atoms with van der Waals surface area (Å²) in [4.78, 5) is 58.6. The number of fused-ring (bicyclic) bond motifs is 1. The van der Waals surface area contributed by atoms with E-state index in [0.717, 1.165) is 10.5 Å². The highest BCUT2D eigenvalue weighted by Gasteiger charge is 2.35. The van der Waals surface area contributed by atoms with E-state index >= 15 is 0 Å². The standard InChI is InChI=1S/C34H27N3O7/c1-43-34(42)30-21(17-18-37-32(40)23-8-2-3-9-24(23)33(37)41)7-6-11-26(30)31(39)35-22-15-13-20(14-16-22)27-19-29(44-36-27)25-10-4-5-12-28(25)38/h2-16,29,38H,17-19H2,1H3,(H,35,39). The number of ether oxygens (including phenoxy) is 1. The lowest BCUT2D eigenvalue weighted by atomic mass is 9.97. The lowest BCUT2D eigenvalue weighted by Gasteiger charge is -2.17. The van der Waals surface area contributed by atoms with Crippen LogP contribution in [-0.4, -0.2) is 53.1 Å². The Bertz CT molecular complexity index is 1800. The van der Waals surface area contributed by atoms with Gasteiger partial charge in [-0.3, -0.25) is 19.3 Å². The normalized spacial score (nSPS) is 15.4. The molecule has 2 heterocycles. The molecule has 4 aromatic carbocycles. The van der Waals surface area contributed by atoms with Gasteiger partial charge in [0, 0.05) is 24.2 Å². The number of imide groups is 1. The van der Waals surface area contributed by atoms with Crippen LogP contribution in [-0.2, 0) is 16.0 Å². The third-order valence-electron chi connectivity index (χ3n) is 7.70. The third-order valence-corrected chi connectivity index (χ3v) is 7.70. The molecule has 1 atom stereocenters. The van der Waals surface area contributed by atoms with Crippen LogP contribution in [0.15, 0.2) is 96.2 Å². The summed E-state index contributed by atoms with van der Waals surface area (Å²) in [6, 6.07) is 25.4. The largest absolute Gasteiger partial charge is 0.508 e. The van der Waals surface area contributed by atoms with E-state index < -0.39 is 29.8 Å². The number of hydrogen-bond donors (Lipinski definition) is 2. The van der Waals surface area contributed by atoms with Crippen molar-refractivity contribution in [3.8, 4) is 5.75 Å². The van der Waals surface area contributed by atoms with Crippen LogP contribution in [0.5, 0.6) is 5.75 Å². The number of aromatic hydroxyl groups is 1. The number of benzene rings is 4. The van der Waals surface area contributed by atoms with Crippen LogP contribution >= 0.6 is 0 Å². The minimum absolute atomic E-state index is 0.0290. The van der Waals surface area contributed by atoms with Crippen LogP contribution in [0, 0.1) is 0 Å². The molecule has 2 N–H and O–H groups in total. The zero-order chi connectivity index (χ0) is 30.8. The number of nitrogens with zero attached hydrogens (tertiary/aromatic N) is 2. The van der Waals surface area contributed by atoms with E-state index in [1.807, 2.05) is 6.07 Å². The van der Waals surface area contributed by atoms with Gasteiger partial charge in [-0.05, 0) is 53.9 Å². The average molecular weight is 590 g/mol. The molecule has 0 bridgehead atoms. The molecule has 0 aliphatic carbocycles. The summed E-state index contributed by atoms with van der Waals surface area (Å²) in [5.74, 6) is -1.88. The summed E-state index contributed by atoms with van der Waals surface area (Å²) in [6.45, 7) is 0.0290. The molecule has 2 aliphatic rings. The Balaban J connectivity index is 1.16. The van der Waals surface area contributed by atoms with E-state index in [0.29, 0.717) is 40.1 Å². The van der Waals surface area contributed by atoms with Gasteiger partial charge in [-0.1, -0.05) is 59.8 Å². The molecule has 1 unspecified atom stereocenters. The Kier molecular flexibility index (Phi) is 7.63. The second kappa shape index (κ2) is 11.8. The highest BCUT2D eigenvalue weighted by Crippen LogP contribution is 2.34. The van der Waals surface area contributed by atoms with E-state index in [-0.39, 0.29) is 29.8 Å². The molecule has 0 saturated heterocycles. The summed E-state index contributed by atoms with van der Waals surface area (Å²) in [7, 11) is 1.23. The topological polar surface area (TPSA) is 135 Å². The Morgan fingerprint density at radius 2 is 1.61 bits per heavy atom. The number of oxime groups is 1. The third kappa shape index (κ3) is 5.29. The molecule has 0 saturated carbocycles. The van der Waals surface area contributed by atoms with Crippen molar-refractivity contribution in [2.24, 2.45) is 5.16 Å². The summed E-state index contributed by atoms with van der Waals surface area (Å²) in [5.41, 5.74) is 3.95. The molecule has 0 spiro atoms. The minimum Gasteiger partial charge on any atom is -0.508 e. The van der Waals surface area contributed by atoms with Gasteiger partial charge >= 0.3 is 5.97 Å². The summed E-state index contributed by atoms with van der Waals surface area (Å²) < 4.78 is 5.00. The molecule has 220 valence electrons. The van der Waals surface area contributed by atoms with Crippen molar-refractivity contribution in [2.45, 2.75) is 18.9 Å². The molecule has 10 nitrogen and oxygen atoms in total.